The summed E-state index contributed by atoms with van der Waals surface area (Å²) in [6, 6.07) is 12.1. The van der Waals surface area contributed by atoms with Gasteiger partial charge in [0.1, 0.15) is 7.05 Å². The van der Waals surface area contributed by atoms with Crippen LogP contribution in [0.25, 0.3) is 38.2 Å². The summed E-state index contributed by atoms with van der Waals surface area (Å²) >= 11 is 0. The Labute approximate surface area is 158 Å². The van der Waals surface area contributed by atoms with E-state index in [-0.39, 0.29) is 5.41 Å². The first-order valence-corrected chi connectivity index (χ1v) is 9.01. The maximum absolute atomic E-state index is 7.25. The number of furan rings is 1. The monoisotopic (exact) mass is 356 g/mol. The van der Waals surface area contributed by atoms with E-state index in [2.05, 4.69) is 54.2 Å². The van der Waals surface area contributed by atoms with Crippen molar-refractivity contribution in [1.29, 1.82) is 0 Å². The van der Waals surface area contributed by atoms with Crippen molar-refractivity contribution in [3.63, 3.8) is 0 Å². The van der Waals surface area contributed by atoms with Crippen molar-refractivity contribution in [2.75, 3.05) is 0 Å². The van der Waals surface area contributed by atoms with E-state index in [4.69, 9.17) is 11.0 Å². The fourth-order valence-electron chi connectivity index (χ4n) is 3.71. The van der Waals surface area contributed by atoms with Crippen LogP contribution in [0.2, 0.25) is 0 Å². The van der Waals surface area contributed by atoms with Crippen molar-refractivity contribution in [2.24, 2.45) is 7.05 Å². The van der Waals surface area contributed by atoms with E-state index in [0.717, 1.165) is 27.6 Å². The third-order valence-electron chi connectivity index (χ3n) is 5.03. The van der Waals surface area contributed by atoms with Crippen LogP contribution in [0.3, 0.4) is 0 Å². The first-order valence-electron chi connectivity index (χ1n) is 9.01. The van der Waals surface area contributed by atoms with Gasteiger partial charge in [-0.1, -0.05) is 44.5 Å². The predicted octanol–water partition coefficient (Wildman–Crippen LogP) is 5.63. The first kappa shape index (κ1) is 17.2. The SMILES string of the molecule is [C-]#[N+]c1ccc2c(n1)oc1c(-c3cccc[n+]3C)c(C)cc(C(C)(C)C)c12. The van der Waals surface area contributed by atoms with Crippen LogP contribution in [0.5, 0.6) is 0 Å². The van der Waals surface area contributed by atoms with Gasteiger partial charge in [-0.2, -0.15) is 0 Å². The van der Waals surface area contributed by atoms with Gasteiger partial charge < -0.3 is 9.26 Å². The maximum Gasteiger partial charge on any atom is 0.322 e. The Kier molecular flexibility index (Phi) is 3.78. The van der Waals surface area contributed by atoms with Crippen molar-refractivity contribution in [1.82, 2.24) is 4.98 Å². The van der Waals surface area contributed by atoms with Crippen molar-refractivity contribution in [2.45, 2.75) is 33.1 Å². The summed E-state index contributed by atoms with van der Waals surface area (Å²) in [5, 5.41) is 2.05. The van der Waals surface area contributed by atoms with Crippen molar-refractivity contribution in [3.05, 3.63) is 65.1 Å². The van der Waals surface area contributed by atoms with E-state index in [1.54, 1.807) is 6.07 Å². The molecule has 3 aromatic heterocycles. The molecule has 0 spiro atoms. The highest BCUT2D eigenvalue weighted by Gasteiger charge is 2.28. The van der Waals surface area contributed by atoms with Crippen molar-refractivity contribution >= 4 is 27.9 Å². The molecule has 27 heavy (non-hydrogen) atoms. The molecular weight excluding hydrogens is 334 g/mol. The van der Waals surface area contributed by atoms with Crippen LogP contribution in [0.1, 0.15) is 31.9 Å². The molecular formula is C23H22N3O+. The van der Waals surface area contributed by atoms with E-state index < -0.39 is 0 Å². The predicted molar refractivity (Wildman–Crippen MR) is 108 cm³/mol. The number of benzene rings is 1. The number of fused-ring (bicyclic) bond motifs is 3. The maximum atomic E-state index is 7.25. The van der Waals surface area contributed by atoms with Crippen molar-refractivity contribution in [3.8, 4) is 11.3 Å². The lowest BCUT2D eigenvalue weighted by atomic mass is 9.82. The zero-order valence-electron chi connectivity index (χ0n) is 16.3. The molecule has 4 nitrogen and oxygen atoms in total. The number of hydrogen-bond donors (Lipinski definition) is 0. The second-order valence-corrected chi connectivity index (χ2v) is 8.00. The lowest BCUT2D eigenvalue weighted by Gasteiger charge is -2.22. The summed E-state index contributed by atoms with van der Waals surface area (Å²) in [6.45, 7) is 16.0. The smallest absolute Gasteiger partial charge is 0.322 e. The molecule has 0 aliphatic carbocycles. The minimum absolute atomic E-state index is 0.0459. The summed E-state index contributed by atoms with van der Waals surface area (Å²) < 4.78 is 8.39. The largest absolute Gasteiger partial charge is 0.419 e. The van der Waals surface area contributed by atoms with E-state index in [0.29, 0.717) is 11.5 Å². The van der Waals surface area contributed by atoms with Gasteiger partial charge in [-0.3, -0.25) is 0 Å². The Morgan fingerprint density at radius 3 is 2.59 bits per heavy atom. The van der Waals surface area contributed by atoms with Gasteiger partial charge in [0.2, 0.25) is 5.69 Å². The first-order chi connectivity index (χ1) is 12.8. The highest BCUT2D eigenvalue weighted by atomic mass is 16.3. The van der Waals surface area contributed by atoms with Crippen LogP contribution in [0.15, 0.2) is 47.0 Å². The molecule has 1 aromatic carbocycles. The third kappa shape index (κ3) is 2.67. The van der Waals surface area contributed by atoms with Gasteiger partial charge in [0, 0.05) is 17.5 Å². The molecule has 4 aromatic rings. The number of aryl methyl sites for hydroxylation is 2. The summed E-state index contributed by atoms with van der Waals surface area (Å²) in [7, 11) is 2.04. The zero-order valence-corrected chi connectivity index (χ0v) is 16.3. The molecule has 0 N–H and O–H groups in total. The highest BCUT2D eigenvalue weighted by molar-refractivity contribution is 6.11. The Bertz CT molecular complexity index is 1240. The van der Waals surface area contributed by atoms with E-state index in [1.165, 1.54) is 11.1 Å². The summed E-state index contributed by atoms with van der Waals surface area (Å²) in [5.74, 6) is 0.349. The molecule has 0 fully saturated rings. The molecule has 0 aliphatic heterocycles. The summed E-state index contributed by atoms with van der Waals surface area (Å²) in [4.78, 5) is 7.86. The quantitative estimate of drug-likeness (QED) is 0.327. The van der Waals surface area contributed by atoms with Gasteiger partial charge in [0.15, 0.2) is 11.8 Å². The molecule has 0 radical (unpaired) electrons. The number of rotatable bonds is 1. The van der Waals surface area contributed by atoms with Gasteiger partial charge in [-0.05, 0) is 35.6 Å². The highest BCUT2D eigenvalue weighted by Crippen LogP contribution is 2.42. The van der Waals surface area contributed by atoms with Gasteiger partial charge in [0.05, 0.1) is 10.9 Å². The second kappa shape index (κ2) is 5.92. The molecule has 4 rings (SSSR count). The lowest BCUT2D eigenvalue weighted by molar-refractivity contribution is -0.660. The minimum atomic E-state index is -0.0459. The fraction of sp³-hybridized carbons (Fsp3) is 0.261. The number of hydrogen-bond acceptors (Lipinski definition) is 2. The average Bonchev–Trinajstić information content (AvgIpc) is 2.99. The zero-order chi connectivity index (χ0) is 19.3. The molecule has 134 valence electrons. The van der Waals surface area contributed by atoms with Crippen LogP contribution >= 0.6 is 0 Å². The fourth-order valence-corrected chi connectivity index (χ4v) is 3.71. The Balaban J connectivity index is 2.23. The number of pyridine rings is 2. The minimum Gasteiger partial charge on any atom is -0.419 e. The van der Waals surface area contributed by atoms with E-state index in [9.17, 15) is 0 Å². The Morgan fingerprint density at radius 1 is 1.15 bits per heavy atom. The molecule has 0 bridgehead atoms. The van der Waals surface area contributed by atoms with Crippen LogP contribution < -0.4 is 4.57 Å². The topological polar surface area (TPSA) is 34.3 Å². The molecule has 4 heteroatoms. The molecule has 0 atom stereocenters. The average molecular weight is 356 g/mol. The van der Waals surface area contributed by atoms with Crippen LogP contribution in [0.4, 0.5) is 5.82 Å². The Hall–Kier alpha value is -3.19. The third-order valence-corrected chi connectivity index (χ3v) is 5.03. The van der Waals surface area contributed by atoms with Gasteiger partial charge in [-0.15, -0.1) is 0 Å². The van der Waals surface area contributed by atoms with E-state index in [1.807, 2.05) is 31.4 Å². The van der Waals surface area contributed by atoms with Crippen LogP contribution in [-0.4, -0.2) is 4.98 Å². The second-order valence-electron chi connectivity index (χ2n) is 8.00. The summed E-state index contributed by atoms with van der Waals surface area (Å²) in [5.41, 5.74) is 5.87. The van der Waals surface area contributed by atoms with Gasteiger partial charge in [-0.25, -0.2) is 4.57 Å². The van der Waals surface area contributed by atoms with Gasteiger partial charge >= 0.3 is 5.71 Å². The van der Waals surface area contributed by atoms with Crippen LogP contribution in [-0.2, 0) is 12.5 Å². The molecule has 0 saturated carbocycles. The van der Waals surface area contributed by atoms with Crippen molar-refractivity contribution < 1.29 is 8.98 Å². The molecule has 0 amide bonds. The molecule has 0 unspecified atom stereocenters. The van der Waals surface area contributed by atoms with Gasteiger partial charge in [0.25, 0.3) is 5.82 Å². The molecule has 0 aliphatic rings. The van der Waals surface area contributed by atoms with Crippen LogP contribution in [0, 0.1) is 13.5 Å². The number of nitrogens with zero attached hydrogens (tertiary/aromatic N) is 3. The lowest BCUT2D eigenvalue weighted by Crippen LogP contribution is -2.30. The Morgan fingerprint density at radius 2 is 1.93 bits per heavy atom. The standard InChI is InChI=1S/C23H22N3O/c1-14-13-16(23(2,3)4)20-15-10-11-18(24-5)25-22(15)27-21(20)19(14)17-9-7-8-12-26(17)6/h7-13H,1-4,6H3/q+1. The summed E-state index contributed by atoms with van der Waals surface area (Å²) in [6.07, 6.45) is 2.04. The molecule has 3 heterocycles. The number of aromatic nitrogens is 2. The van der Waals surface area contributed by atoms with E-state index >= 15 is 0 Å². The molecule has 0 saturated heterocycles. The normalized spacial score (nSPS) is 11.9.